The van der Waals surface area contributed by atoms with E-state index in [0.717, 1.165) is 19.3 Å². The molecule has 5 heteroatoms. The predicted molar refractivity (Wildman–Crippen MR) is 77.4 cm³/mol. The van der Waals surface area contributed by atoms with Gasteiger partial charge in [0.15, 0.2) is 0 Å². The number of carbonyl (C=O) groups is 2. The molecule has 0 atom stereocenters. The van der Waals surface area contributed by atoms with Crippen LogP contribution in [0, 0.1) is 0 Å². The van der Waals surface area contributed by atoms with Crippen molar-refractivity contribution < 1.29 is 14.3 Å². The molecule has 20 heavy (non-hydrogen) atoms. The molecular weight excluding hydrogens is 256 g/mol. The minimum Gasteiger partial charge on any atom is -0.493 e. The Balaban J connectivity index is 2.48. The number of ether oxygens (including phenoxy) is 1. The van der Waals surface area contributed by atoms with Gasteiger partial charge in [0.2, 0.25) is 5.91 Å². The molecule has 0 radical (unpaired) electrons. The number of hydrazine groups is 1. The number of nitrogens with one attached hydrogen (secondary N) is 2. The van der Waals surface area contributed by atoms with E-state index < -0.39 is 0 Å². The maximum atomic E-state index is 12.0. The highest BCUT2D eigenvalue weighted by Crippen LogP contribution is 2.17. The van der Waals surface area contributed by atoms with Gasteiger partial charge in [-0.25, -0.2) is 0 Å². The minimum absolute atomic E-state index is 0.180. The summed E-state index contributed by atoms with van der Waals surface area (Å²) < 4.78 is 5.37. The zero-order valence-electron chi connectivity index (χ0n) is 12.1. The first-order chi connectivity index (χ1) is 9.69. The molecule has 0 bridgehead atoms. The third-order valence-electron chi connectivity index (χ3n) is 2.75. The smallest absolute Gasteiger partial charge is 0.273 e. The number of amides is 2. The molecule has 1 rings (SSSR count). The summed E-state index contributed by atoms with van der Waals surface area (Å²) in [4.78, 5) is 23.5. The summed E-state index contributed by atoms with van der Waals surface area (Å²) in [5, 5.41) is 0. The first-order valence-corrected chi connectivity index (χ1v) is 7.00. The maximum Gasteiger partial charge on any atom is 0.273 e. The summed E-state index contributed by atoms with van der Waals surface area (Å²) in [6, 6.07) is 6.93. The van der Waals surface area contributed by atoms with Crippen LogP contribution in [0.2, 0.25) is 0 Å². The van der Waals surface area contributed by atoms with E-state index in [1.54, 1.807) is 24.3 Å². The summed E-state index contributed by atoms with van der Waals surface area (Å²) in [6.45, 7) is 4.40. The molecule has 0 aliphatic rings. The Morgan fingerprint density at radius 3 is 2.55 bits per heavy atom. The molecule has 0 unspecified atom stereocenters. The van der Waals surface area contributed by atoms with Gasteiger partial charge in [-0.05, 0) is 25.5 Å². The Labute approximate surface area is 119 Å². The van der Waals surface area contributed by atoms with Gasteiger partial charge in [0.05, 0.1) is 12.2 Å². The molecule has 0 fully saturated rings. The fourth-order valence-corrected chi connectivity index (χ4v) is 1.73. The second-order valence-corrected chi connectivity index (χ2v) is 4.39. The molecule has 0 aliphatic heterocycles. The third-order valence-corrected chi connectivity index (χ3v) is 2.75. The van der Waals surface area contributed by atoms with Gasteiger partial charge in [-0.15, -0.1) is 0 Å². The van der Waals surface area contributed by atoms with Crippen molar-refractivity contribution in [3.63, 3.8) is 0 Å². The van der Waals surface area contributed by atoms with E-state index in [2.05, 4.69) is 17.8 Å². The Morgan fingerprint density at radius 2 is 1.85 bits per heavy atom. The molecule has 5 nitrogen and oxygen atoms in total. The second-order valence-electron chi connectivity index (χ2n) is 4.39. The molecule has 0 aliphatic carbocycles. The van der Waals surface area contributed by atoms with Crippen molar-refractivity contribution in [2.45, 2.75) is 39.5 Å². The lowest BCUT2D eigenvalue weighted by Gasteiger charge is -2.11. The van der Waals surface area contributed by atoms with Gasteiger partial charge in [0.25, 0.3) is 5.91 Å². The van der Waals surface area contributed by atoms with Crippen LogP contribution in [0.25, 0.3) is 0 Å². The Morgan fingerprint density at radius 1 is 1.10 bits per heavy atom. The van der Waals surface area contributed by atoms with E-state index in [0.29, 0.717) is 24.3 Å². The van der Waals surface area contributed by atoms with Crippen molar-refractivity contribution in [3.8, 4) is 5.75 Å². The van der Waals surface area contributed by atoms with Crippen molar-refractivity contribution in [1.29, 1.82) is 0 Å². The topological polar surface area (TPSA) is 67.4 Å². The van der Waals surface area contributed by atoms with Gasteiger partial charge in [-0.1, -0.05) is 31.9 Å². The molecular formula is C15H22N2O3. The predicted octanol–water partition coefficient (Wildman–Crippen LogP) is 2.43. The Kier molecular flexibility index (Phi) is 7.17. The first-order valence-electron chi connectivity index (χ1n) is 7.00. The number of rotatable bonds is 7. The van der Waals surface area contributed by atoms with Gasteiger partial charge in [0, 0.05) is 6.42 Å². The monoisotopic (exact) mass is 278 g/mol. The summed E-state index contributed by atoms with van der Waals surface area (Å²) in [5.41, 5.74) is 5.23. The van der Waals surface area contributed by atoms with Crippen LogP contribution in [-0.2, 0) is 4.79 Å². The van der Waals surface area contributed by atoms with E-state index in [1.807, 2.05) is 6.92 Å². The standard InChI is InChI=1S/C15H22N2O3/c1-3-5-6-11-14(18)16-17-15(19)12-9-7-8-10-13(12)20-4-2/h7-10H,3-6,11H2,1-2H3,(H,16,18)(H,17,19). The lowest BCUT2D eigenvalue weighted by atomic mass is 10.2. The highest BCUT2D eigenvalue weighted by atomic mass is 16.5. The zero-order chi connectivity index (χ0) is 14.8. The number of hydrogen-bond donors (Lipinski definition) is 2. The van der Waals surface area contributed by atoms with Gasteiger partial charge in [-0.3, -0.25) is 20.4 Å². The van der Waals surface area contributed by atoms with Crippen molar-refractivity contribution in [3.05, 3.63) is 29.8 Å². The van der Waals surface area contributed by atoms with Crippen molar-refractivity contribution in [2.75, 3.05) is 6.61 Å². The number of para-hydroxylation sites is 1. The van der Waals surface area contributed by atoms with E-state index in [1.165, 1.54) is 0 Å². The normalized spacial score (nSPS) is 9.90. The van der Waals surface area contributed by atoms with Gasteiger partial charge in [-0.2, -0.15) is 0 Å². The average Bonchev–Trinajstić information content (AvgIpc) is 2.46. The molecule has 110 valence electrons. The van der Waals surface area contributed by atoms with Crippen LogP contribution in [0.3, 0.4) is 0 Å². The fourth-order valence-electron chi connectivity index (χ4n) is 1.73. The van der Waals surface area contributed by atoms with Crippen LogP contribution >= 0.6 is 0 Å². The Bertz CT molecular complexity index is 446. The summed E-state index contributed by atoms with van der Waals surface area (Å²) >= 11 is 0. The average molecular weight is 278 g/mol. The summed E-state index contributed by atoms with van der Waals surface area (Å²) in [5.74, 6) is -0.0497. The molecule has 0 aromatic heterocycles. The van der Waals surface area contributed by atoms with Gasteiger partial charge >= 0.3 is 0 Å². The quantitative estimate of drug-likeness (QED) is 0.594. The molecule has 0 saturated carbocycles. The molecule has 1 aromatic rings. The van der Waals surface area contributed by atoms with Crippen LogP contribution in [0.1, 0.15) is 49.9 Å². The van der Waals surface area contributed by atoms with Gasteiger partial charge in [0.1, 0.15) is 5.75 Å². The number of unbranched alkanes of at least 4 members (excludes halogenated alkanes) is 2. The SMILES string of the molecule is CCCCCC(=O)NNC(=O)c1ccccc1OCC. The number of hydrogen-bond acceptors (Lipinski definition) is 3. The van der Waals surface area contributed by atoms with E-state index in [4.69, 9.17) is 4.74 Å². The highest BCUT2D eigenvalue weighted by molar-refractivity contribution is 5.97. The largest absolute Gasteiger partial charge is 0.493 e. The van der Waals surface area contributed by atoms with Crippen molar-refractivity contribution >= 4 is 11.8 Å². The molecule has 0 saturated heterocycles. The molecule has 0 heterocycles. The van der Waals surface area contributed by atoms with Crippen LogP contribution < -0.4 is 15.6 Å². The van der Waals surface area contributed by atoms with E-state index in [9.17, 15) is 9.59 Å². The van der Waals surface area contributed by atoms with Crippen LogP contribution in [0.15, 0.2) is 24.3 Å². The molecule has 0 spiro atoms. The molecule has 2 N–H and O–H groups in total. The van der Waals surface area contributed by atoms with Crippen molar-refractivity contribution in [2.24, 2.45) is 0 Å². The van der Waals surface area contributed by atoms with Crippen LogP contribution in [0.4, 0.5) is 0 Å². The highest BCUT2D eigenvalue weighted by Gasteiger charge is 2.12. The third kappa shape index (κ3) is 5.30. The minimum atomic E-state index is -0.377. The second kappa shape index (κ2) is 8.96. The van der Waals surface area contributed by atoms with Crippen LogP contribution in [-0.4, -0.2) is 18.4 Å². The van der Waals surface area contributed by atoms with E-state index in [-0.39, 0.29) is 11.8 Å². The number of benzene rings is 1. The lowest BCUT2D eigenvalue weighted by molar-refractivity contribution is -0.121. The van der Waals surface area contributed by atoms with Gasteiger partial charge < -0.3 is 4.74 Å². The van der Waals surface area contributed by atoms with Crippen LogP contribution in [0.5, 0.6) is 5.75 Å². The van der Waals surface area contributed by atoms with Crippen molar-refractivity contribution in [1.82, 2.24) is 10.9 Å². The van der Waals surface area contributed by atoms with E-state index >= 15 is 0 Å². The molecule has 2 amide bonds. The number of carbonyl (C=O) groups excluding carboxylic acids is 2. The Hall–Kier alpha value is -2.04. The maximum absolute atomic E-state index is 12.0. The lowest BCUT2D eigenvalue weighted by Crippen LogP contribution is -2.41. The fraction of sp³-hybridized carbons (Fsp3) is 0.467. The summed E-state index contributed by atoms with van der Waals surface area (Å²) in [7, 11) is 0. The molecule has 1 aromatic carbocycles. The first kappa shape index (κ1) is 16.0. The zero-order valence-corrected chi connectivity index (χ0v) is 12.1. The summed E-state index contributed by atoms with van der Waals surface area (Å²) in [6.07, 6.45) is 3.31.